The van der Waals surface area contributed by atoms with Crippen LogP contribution in [0.4, 0.5) is 4.39 Å². The van der Waals surface area contributed by atoms with Crippen molar-refractivity contribution in [3.63, 3.8) is 0 Å². The standard InChI is InChI=1S/C14H21ClFN/c1-4-11(9-17-10(2)3)8-12-13(15)6-5-7-14(12)16/h5-7,10-11,17H,4,8-9H2,1-3H3. The van der Waals surface area contributed by atoms with Crippen molar-refractivity contribution in [3.05, 3.63) is 34.6 Å². The van der Waals surface area contributed by atoms with Gasteiger partial charge in [0, 0.05) is 16.6 Å². The van der Waals surface area contributed by atoms with Crippen molar-refractivity contribution in [2.45, 2.75) is 39.7 Å². The summed E-state index contributed by atoms with van der Waals surface area (Å²) in [7, 11) is 0. The summed E-state index contributed by atoms with van der Waals surface area (Å²) in [5, 5.41) is 3.93. The molecular formula is C14H21ClFN. The second kappa shape index (κ2) is 6.97. The molecule has 0 spiro atoms. The van der Waals surface area contributed by atoms with E-state index in [-0.39, 0.29) is 5.82 Å². The fourth-order valence-corrected chi connectivity index (χ4v) is 2.02. The van der Waals surface area contributed by atoms with Gasteiger partial charge in [-0.05, 0) is 31.0 Å². The van der Waals surface area contributed by atoms with E-state index in [1.165, 1.54) is 6.07 Å². The Morgan fingerprint density at radius 2 is 2.06 bits per heavy atom. The molecule has 0 fully saturated rings. The van der Waals surface area contributed by atoms with Gasteiger partial charge in [0.1, 0.15) is 5.82 Å². The summed E-state index contributed by atoms with van der Waals surface area (Å²) in [6.07, 6.45) is 1.71. The molecule has 1 atom stereocenters. The van der Waals surface area contributed by atoms with Gasteiger partial charge in [0.25, 0.3) is 0 Å². The first-order valence-corrected chi connectivity index (χ1v) is 6.58. The summed E-state index contributed by atoms with van der Waals surface area (Å²) in [6.45, 7) is 7.26. The Balaban J connectivity index is 2.67. The number of hydrogen-bond acceptors (Lipinski definition) is 1. The SMILES string of the molecule is CCC(CNC(C)C)Cc1c(F)cccc1Cl. The van der Waals surface area contributed by atoms with E-state index in [1.54, 1.807) is 12.1 Å². The maximum absolute atomic E-state index is 13.6. The van der Waals surface area contributed by atoms with Crippen LogP contribution < -0.4 is 5.32 Å². The maximum Gasteiger partial charge on any atom is 0.127 e. The normalized spacial score (nSPS) is 13.1. The highest BCUT2D eigenvalue weighted by Gasteiger charge is 2.13. The molecule has 0 heterocycles. The Kier molecular flexibility index (Phi) is 5.93. The predicted octanol–water partition coefficient (Wildman–Crippen LogP) is 4.05. The number of halogens is 2. The smallest absolute Gasteiger partial charge is 0.127 e. The Bertz CT molecular complexity index is 332. The van der Waals surface area contributed by atoms with Crippen LogP contribution in [0.1, 0.15) is 32.8 Å². The summed E-state index contributed by atoms with van der Waals surface area (Å²) in [4.78, 5) is 0. The predicted molar refractivity (Wildman–Crippen MR) is 72.0 cm³/mol. The molecule has 0 saturated heterocycles. The monoisotopic (exact) mass is 257 g/mol. The lowest BCUT2D eigenvalue weighted by molar-refractivity contribution is 0.429. The van der Waals surface area contributed by atoms with Gasteiger partial charge in [0.15, 0.2) is 0 Å². The van der Waals surface area contributed by atoms with Crippen LogP contribution in [0, 0.1) is 11.7 Å². The largest absolute Gasteiger partial charge is 0.314 e. The van der Waals surface area contributed by atoms with E-state index < -0.39 is 0 Å². The summed E-state index contributed by atoms with van der Waals surface area (Å²) in [6, 6.07) is 5.33. The number of rotatable bonds is 6. The zero-order valence-electron chi connectivity index (χ0n) is 10.8. The lowest BCUT2D eigenvalue weighted by Gasteiger charge is -2.18. The van der Waals surface area contributed by atoms with E-state index in [4.69, 9.17) is 11.6 Å². The van der Waals surface area contributed by atoms with Crippen molar-refractivity contribution in [1.29, 1.82) is 0 Å². The van der Waals surface area contributed by atoms with Gasteiger partial charge >= 0.3 is 0 Å². The average Bonchev–Trinajstić information content (AvgIpc) is 2.27. The molecule has 0 saturated carbocycles. The molecule has 0 bridgehead atoms. The van der Waals surface area contributed by atoms with Crippen molar-refractivity contribution >= 4 is 11.6 Å². The van der Waals surface area contributed by atoms with Crippen LogP contribution in [0.25, 0.3) is 0 Å². The molecule has 1 N–H and O–H groups in total. The van der Waals surface area contributed by atoms with Gasteiger partial charge in [-0.25, -0.2) is 4.39 Å². The van der Waals surface area contributed by atoms with Gasteiger partial charge in [-0.2, -0.15) is 0 Å². The maximum atomic E-state index is 13.6. The zero-order valence-corrected chi connectivity index (χ0v) is 11.5. The van der Waals surface area contributed by atoms with Crippen LogP contribution in [-0.2, 0) is 6.42 Å². The van der Waals surface area contributed by atoms with E-state index in [2.05, 4.69) is 26.1 Å². The fourth-order valence-electron chi connectivity index (χ4n) is 1.78. The highest BCUT2D eigenvalue weighted by Crippen LogP contribution is 2.23. The van der Waals surface area contributed by atoms with Crippen LogP contribution in [0.15, 0.2) is 18.2 Å². The van der Waals surface area contributed by atoms with Crippen LogP contribution >= 0.6 is 11.6 Å². The molecule has 1 aromatic rings. The number of benzene rings is 1. The molecule has 0 aliphatic carbocycles. The molecule has 0 amide bonds. The van der Waals surface area contributed by atoms with Gasteiger partial charge in [0.05, 0.1) is 0 Å². The van der Waals surface area contributed by atoms with E-state index in [0.29, 0.717) is 29.0 Å². The number of hydrogen-bond donors (Lipinski definition) is 1. The first-order valence-electron chi connectivity index (χ1n) is 6.20. The third kappa shape index (κ3) is 4.64. The second-order valence-corrected chi connectivity index (χ2v) is 5.15. The Hall–Kier alpha value is -0.600. The van der Waals surface area contributed by atoms with Crippen molar-refractivity contribution in [2.24, 2.45) is 5.92 Å². The Labute approximate surface area is 108 Å². The minimum absolute atomic E-state index is 0.194. The van der Waals surface area contributed by atoms with Crippen LogP contribution in [0.5, 0.6) is 0 Å². The molecule has 1 unspecified atom stereocenters. The van der Waals surface area contributed by atoms with Crippen molar-refractivity contribution in [1.82, 2.24) is 5.32 Å². The van der Waals surface area contributed by atoms with Crippen LogP contribution in [-0.4, -0.2) is 12.6 Å². The number of nitrogens with one attached hydrogen (secondary N) is 1. The molecular weight excluding hydrogens is 237 g/mol. The van der Waals surface area contributed by atoms with E-state index in [9.17, 15) is 4.39 Å². The lowest BCUT2D eigenvalue weighted by Crippen LogP contribution is -2.29. The highest BCUT2D eigenvalue weighted by atomic mass is 35.5. The summed E-state index contributed by atoms with van der Waals surface area (Å²) >= 11 is 6.03. The molecule has 0 radical (unpaired) electrons. The van der Waals surface area contributed by atoms with E-state index in [0.717, 1.165) is 13.0 Å². The zero-order chi connectivity index (χ0) is 12.8. The molecule has 3 heteroatoms. The van der Waals surface area contributed by atoms with E-state index in [1.807, 2.05) is 0 Å². The minimum atomic E-state index is -0.194. The van der Waals surface area contributed by atoms with Crippen molar-refractivity contribution in [3.8, 4) is 0 Å². The highest BCUT2D eigenvalue weighted by molar-refractivity contribution is 6.31. The second-order valence-electron chi connectivity index (χ2n) is 4.74. The molecule has 0 aliphatic heterocycles. The molecule has 1 nitrogen and oxygen atoms in total. The fraction of sp³-hybridized carbons (Fsp3) is 0.571. The van der Waals surface area contributed by atoms with Crippen LogP contribution in [0.2, 0.25) is 5.02 Å². The first kappa shape index (κ1) is 14.5. The third-order valence-electron chi connectivity index (χ3n) is 2.95. The van der Waals surface area contributed by atoms with Crippen LogP contribution in [0.3, 0.4) is 0 Å². The summed E-state index contributed by atoms with van der Waals surface area (Å²) in [5.74, 6) is 0.229. The minimum Gasteiger partial charge on any atom is -0.314 e. The topological polar surface area (TPSA) is 12.0 Å². The van der Waals surface area contributed by atoms with E-state index >= 15 is 0 Å². The van der Waals surface area contributed by atoms with Gasteiger partial charge in [0.2, 0.25) is 0 Å². The summed E-state index contributed by atoms with van der Waals surface area (Å²) < 4.78 is 13.6. The molecule has 96 valence electrons. The van der Waals surface area contributed by atoms with Crippen molar-refractivity contribution < 1.29 is 4.39 Å². The quantitative estimate of drug-likeness (QED) is 0.811. The Morgan fingerprint density at radius 3 is 2.59 bits per heavy atom. The average molecular weight is 258 g/mol. The third-order valence-corrected chi connectivity index (χ3v) is 3.30. The summed E-state index contributed by atoms with van der Waals surface area (Å²) in [5.41, 5.74) is 0.645. The van der Waals surface area contributed by atoms with Gasteiger partial charge in [-0.1, -0.05) is 44.9 Å². The molecule has 1 rings (SSSR count). The van der Waals surface area contributed by atoms with Gasteiger partial charge in [-0.3, -0.25) is 0 Å². The first-order chi connectivity index (χ1) is 8.04. The molecule has 17 heavy (non-hydrogen) atoms. The molecule has 1 aromatic carbocycles. The van der Waals surface area contributed by atoms with Crippen molar-refractivity contribution in [2.75, 3.05) is 6.54 Å². The van der Waals surface area contributed by atoms with Gasteiger partial charge < -0.3 is 5.32 Å². The molecule has 0 aliphatic rings. The molecule has 0 aromatic heterocycles. The van der Waals surface area contributed by atoms with Gasteiger partial charge in [-0.15, -0.1) is 0 Å². The lowest BCUT2D eigenvalue weighted by atomic mass is 9.96. The Morgan fingerprint density at radius 1 is 1.35 bits per heavy atom.